The smallest absolute Gasteiger partial charge is 0.227 e. The highest BCUT2D eigenvalue weighted by Crippen LogP contribution is 2.46. The number of amides is 2. The van der Waals surface area contributed by atoms with Crippen molar-refractivity contribution in [3.63, 3.8) is 0 Å². The number of rotatable bonds is 9. The third-order valence-electron chi connectivity index (χ3n) is 6.51. The Balaban J connectivity index is 1.76. The summed E-state index contributed by atoms with van der Waals surface area (Å²) in [7, 11) is 6.16. The second kappa shape index (κ2) is 11.6. The number of nitrogens with one attached hydrogen (secondary N) is 1. The number of hydrogen-bond donors (Lipinski definition) is 1. The minimum Gasteiger partial charge on any atom is -0.497 e. The van der Waals surface area contributed by atoms with Crippen LogP contribution in [0.3, 0.4) is 0 Å². The van der Waals surface area contributed by atoms with Gasteiger partial charge in [-0.2, -0.15) is 0 Å². The maximum absolute atomic E-state index is 13.5. The Hall–Kier alpha value is -4.27. The van der Waals surface area contributed by atoms with Crippen LogP contribution in [0.2, 0.25) is 0 Å². The Bertz CT molecular complexity index is 1210. The van der Waals surface area contributed by atoms with Crippen LogP contribution in [0, 0.1) is 5.92 Å². The number of methoxy groups -OCH3 is 4. The largest absolute Gasteiger partial charge is 0.497 e. The van der Waals surface area contributed by atoms with Gasteiger partial charge in [0, 0.05) is 37.5 Å². The Morgan fingerprint density at radius 1 is 1.00 bits per heavy atom. The fourth-order valence-electron chi connectivity index (χ4n) is 4.68. The van der Waals surface area contributed by atoms with Crippen LogP contribution in [-0.4, -0.2) is 45.2 Å². The normalized spacial score (nSPS) is 17.2. The minimum absolute atomic E-state index is 0.105. The molecule has 1 aromatic heterocycles. The van der Waals surface area contributed by atoms with E-state index in [2.05, 4.69) is 10.3 Å². The van der Waals surface area contributed by atoms with Crippen molar-refractivity contribution < 1.29 is 28.5 Å². The van der Waals surface area contributed by atoms with E-state index in [-0.39, 0.29) is 18.2 Å². The lowest BCUT2D eigenvalue weighted by atomic mass is 9.83. The molecule has 1 fully saturated rings. The number of pyridine rings is 1. The van der Waals surface area contributed by atoms with Gasteiger partial charge in [-0.15, -0.1) is 0 Å². The van der Waals surface area contributed by atoms with Crippen LogP contribution < -0.4 is 29.2 Å². The molecule has 2 atom stereocenters. The van der Waals surface area contributed by atoms with E-state index in [1.54, 1.807) is 36.5 Å². The number of ether oxygens (including phenoxy) is 4. The van der Waals surface area contributed by atoms with Gasteiger partial charge in [0.25, 0.3) is 0 Å². The van der Waals surface area contributed by atoms with Gasteiger partial charge in [0.2, 0.25) is 17.6 Å². The number of nitrogens with zero attached hydrogens (tertiary/aromatic N) is 2. The molecule has 9 nitrogen and oxygen atoms in total. The third-order valence-corrected chi connectivity index (χ3v) is 6.51. The lowest BCUT2D eigenvalue weighted by molar-refractivity contribution is -0.129. The van der Waals surface area contributed by atoms with E-state index in [9.17, 15) is 9.59 Å². The average molecular weight is 506 g/mol. The number of anilines is 1. The van der Waals surface area contributed by atoms with E-state index in [4.69, 9.17) is 18.9 Å². The molecule has 1 aliphatic rings. The molecule has 2 amide bonds. The first kappa shape index (κ1) is 25.8. The SMILES string of the molecule is COc1ccc([C@H]2[C@H](C(=O)NCc3cccnc3)CCC(=O)N2c2cc(OC)c(OC)c(OC)c2)cc1. The van der Waals surface area contributed by atoms with Crippen molar-refractivity contribution in [3.05, 3.63) is 72.1 Å². The summed E-state index contributed by atoms with van der Waals surface area (Å²) in [5, 5.41) is 3.03. The molecule has 0 aliphatic carbocycles. The van der Waals surface area contributed by atoms with Crippen molar-refractivity contribution >= 4 is 17.5 Å². The molecule has 0 spiro atoms. The van der Waals surface area contributed by atoms with Gasteiger partial charge in [-0.05, 0) is 35.7 Å². The number of piperidine rings is 1. The maximum atomic E-state index is 13.5. The molecule has 194 valence electrons. The summed E-state index contributed by atoms with van der Waals surface area (Å²) in [5.41, 5.74) is 2.25. The summed E-state index contributed by atoms with van der Waals surface area (Å²) in [6.07, 6.45) is 4.03. The van der Waals surface area contributed by atoms with E-state index in [0.29, 0.717) is 41.7 Å². The molecule has 3 aromatic rings. The molecule has 0 radical (unpaired) electrons. The molecule has 2 heterocycles. The first-order valence-electron chi connectivity index (χ1n) is 11.9. The van der Waals surface area contributed by atoms with Gasteiger partial charge in [-0.3, -0.25) is 14.6 Å². The van der Waals surface area contributed by atoms with Crippen LogP contribution in [0.25, 0.3) is 0 Å². The second-order valence-corrected chi connectivity index (χ2v) is 8.59. The molecular formula is C28H31N3O6. The van der Waals surface area contributed by atoms with Crippen molar-refractivity contribution in [2.24, 2.45) is 5.92 Å². The van der Waals surface area contributed by atoms with Crippen LogP contribution in [0.5, 0.6) is 23.0 Å². The topological polar surface area (TPSA) is 99.2 Å². The summed E-state index contributed by atoms with van der Waals surface area (Å²) < 4.78 is 21.9. The first-order valence-corrected chi connectivity index (χ1v) is 11.9. The second-order valence-electron chi connectivity index (χ2n) is 8.59. The molecule has 4 rings (SSSR count). The summed E-state index contributed by atoms with van der Waals surface area (Å²) >= 11 is 0. The zero-order valence-corrected chi connectivity index (χ0v) is 21.4. The number of benzene rings is 2. The molecule has 9 heteroatoms. The van der Waals surface area contributed by atoms with Crippen molar-refractivity contribution in [1.82, 2.24) is 10.3 Å². The predicted molar refractivity (Wildman–Crippen MR) is 138 cm³/mol. The predicted octanol–water partition coefficient (Wildman–Crippen LogP) is 3.92. The van der Waals surface area contributed by atoms with E-state index >= 15 is 0 Å². The molecular weight excluding hydrogens is 474 g/mol. The standard InChI is InChI=1S/C28H31N3O6/c1-34-21-9-7-19(8-10-21)26-22(28(33)30-17-18-6-5-13-29-16-18)11-12-25(32)31(26)20-14-23(35-2)27(37-4)24(15-20)36-3/h5-10,13-16,22,26H,11-12,17H2,1-4H3,(H,30,33)/t22-,26+/m1/s1. The van der Waals surface area contributed by atoms with Gasteiger partial charge in [-0.1, -0.05) is 18.2 Å². The summed E-state index contributed by atoms with van der Waals surface area (Å²) in [5.74, 6) is 1.19. The first-order chi connectivity index (χ1) is 18.0. The summed E-state index contributed by atoms with van der Waals surface area (Å²) in [6.45, 7) is 0.344. The Morgan fingerprint density at radius 2 is 1.70 bits per heavy atom. The van der Waals surface area contributed by atoms with Crippen LogP contribution in [-0.2, 0) is 16.1 Å². The van der Waals surface area contributed by atoms with Gasteiger partial charge in [0.05, 0.1) is 46.1 Å². The highest BCUT2D eigenvalue weighted by molar-refractivity contribution is 5.98. The third kappa shape index (κ3) is 5.45. The number of aromatic nitrogens is 1. The Labute approximate surface area is 216 Å². The van der Waals surface area contributed by atoms with Gasteiger partial charge >= 0.3 is 0 Å². The monoisotopic (exact) mass is 505 g/mol. The minimum atomic E-state index is -0.566. The Morgan fingerprint density at radius 3 is 2.27 bits per heavy atom. The highest BCUT2D eigenvalue weighted by atomic mass is 16.5. The van der Waals surface area contributed by atoms with Crippen molar-refractivity contribution in [1.29, 1.82) is 0 Å². The van der Waals surface area contributed by atoms with Crippen LogP contribution >= 0.6 is 0 Å². The number of carbonyl (C=O) groups excluding carboxylic acids is 2. The van der Waals surface area contributed by atoms with Gasteiger partial charge in [0.1, 0.15) is 5.75 Å². The maximum Gasteiger partial charge on any atom is 0.227 e. The molecule has 0 bridgehead atoms. The summed E-state index contributed by atoms with van der Waals surface area (Å²) in [4.78, 5) is 32.8. The van der Waals surface area contributed by atoms with Crippen molar-refractivity contribution in [2.45, 2.75) is 25.4 Å². The lowest BCUT2D eigenvalue weighted by Gasteiger charge is -2.41. The van der Waals surface area contributed by atoms with Gasteiger partial charge in [0.15, 0.2) is 11.5 Å². The number of hydrogen-bond acceptors (Lipinski definition) is 7. The van der Waals surface area contributed by atoms with E-state index in [1.807, 2.05) is 36.4 Å². The number of carbonyl (C=O) groups is 2. The Kier molecular flexibility index (Phi) is 8.12. The van der Waals surface area contributed by atoms with Crippen LogP contribution in [0.1, 0.15) is 30.0 Å². The molecule has 37 heavy (non-hydrogen) atoms. The van der Waals surface area contributed by atoms with Gasteiger partial charge in [-0.25, -0.2) is 0 Å². The molecule has 1 aliphatic heterocycles. The average Bonchev–Trinajstić information content (AvgIpc) is 2.95. The van der Waals surface area contributed by atoms with E-state index in [1.165, 1.54) is 21.3 Å². The zero-order valence-electron chi connectivity index (χ0n) is 21.4. The lowest BCUT2D eigenvalue weighted by Crippen LogP contribution is -2.48. The fourth-order valence-corrected chi connectivity index (χ4v) is 4.68. The van der Waals surface area contributed by atoms with Crippen LogP contribution in [0.4, 0.5) is 5.69 Å². The highest BCUT2D eigenvalue weighted by Gasteiger charge is 2.42. The van der Waals surface area contributed by atoms with Crippen LogP contribution in [0.15, 0.2) is 60.9 Å². The molecule has 2 aromatic carbocycles. The zero-order chi connectivity index (χ0) is 26.4. The van der Waals surface area contributed by atoms with Crippen molar-refractivity contribution in [2.75, 3.05) is 33.3 Å². The van der Waals surface area contributed by atoms with E-state index < -0.39 is 12.0 Å². The molecule has 0 saturated carbocycles. The van der Waals surface area contributed by atoms with E-state index in [0.717, 1.165) is 11.1 Å². The quantitative estimate of drug-likeness (QED) is 0.471. The summed E-state index contributed by atoms with van der Waals surface area (Å²) in [6, 6.07) is 14.0. The molecule has 1 saturated heterocycles. The molecule has 1 N–H and O–H groups in total. The fraction of sp³-hybridized carbons (Fsp3) is 0.321. The van der Waals surface area contributed by atoms with Gasteiger partial charge < -0.3 is 29.2 Å². The van der Waals surface area contributed by atoms with Crippen molar-refractivity contribution in [3.8, 4) is 23.0 Å². The molecule has 0 unspecified atom stereocenters.